The molecule has 0 spiro atoms. The minimum Gasteiger partial charge on any atom is -0.351 e. The summed E-state index contributed by atoms with van der Waals surface area (Å²) in [5.74, 6) is 0.594. The fraction of sp³-hybridized carbons (Fsp3) is 0.889. The molecule has 1 aliphatic rings. The molecule has 2 amide bonds. The Labute approximate surface area is 79.7 Å². The maximum absolute atomic E-state index is 10.8. The molecule has 0 bridgehead atoms. The van der Waals surface area contributed by atoms with Gasteiger partial charge in [0, 0.05) is 20.1 Å². The van der Waals surface area contributed by atoms with E-state index in [-0.39, 0.29) is 6.03 Å². The number of nitrogens with two attached hydrogens (primary N) is 1. The molecule has 1 unspecified atom stereocenters. The Morgan fingerprint density at radius 3 is 2.92 bits per heavy atom. The van der Waals surface area contributed by atoms with Crippen molar-refractivity contribution in [3.05, 3.63) is 0 Å². The molecule has 0 aromatic rings. The summed E-state index contributed by atoms with van der Waals surface area (Å²) in [7, 11) is 3.88. The van der Waals surface area contributed by atoms with Gasteiger partial charge in [-0.2, -0.15) is 0 Å². The second-order valence-corrected chi connectivity index (χ2v) is 3.99. The molecule has 1 saturated heterocycles. The molecular weight excluding hydrogens is 166 g/mol. The molecule has 0 saturated carbocycles. The maximum atomic E-state index is 10.8. The quantitative estimate of drug-likeness (QED) is 0.674. The Morgan fingerprint density at radius 2 is 2.38 bits per heavy atom. The lowest BCUT2D eigenvalue weighted by Gasteiger charge is -2.31. The third-order valence-electron chi connectivity index (χ3n) is 2.63. The Bertz CT molecular complexity index is 184. The van der Waals surface area contributed by atoms with Crippen LogP contribution in [0.2, 0.25) is 0 Å². The molecule has 13 heavy (non-hydrogen) atoms. The van der Waals surface area contributed by atoms with E-state index in [1.165, 1.54) is 19.4 Å². The van der Waals surface area contributed by atoms with Crippen molar-refractivity contribution in [3.63, 3.8) is 0 Å². The fourth-order valence-corrected chi connectivity index (χ4v) is 1.90. The second-order valence-electron chi connectivity index (χ2n) is 3.99. The van der Waals surface area contributed by atoms with E-state index < -0.39 is 0 Å². The van der Waals surface area contributed by atoms with Gasteiger partial charge in [-0.05, 0) is 32.4 Å². The number of hydrogen-bond donors (Lipinski definition) is 1. The first-order valence-electron chi connectivity index (χ1n) is 4.78. The number of urea groups is 1. The summed E-state index contributed by atoms with van der Waals surface area (Å²) in [6, 6.07) is -0.326. The minimum absolute atomic E-state index is 0.326. The van der Waals surface area contributed by atoms with Crippen molar-refractivity contribution in [3.8, 4) is 0 Å². The Kier molecular flexibility index (Phi) is 3.54. The molecule has 1 aliphatic heterocycles. The third kappa shape index (κ3) is 3.22. The van der Waals surface area contributed by atoms with Gasteiger partial charge in [-0.3, -0.25) is 0 Å². The zero-order chi connectivity index (χ0) is 9.84. The lowest BCUT2D eigenvalue weighted by atomic mass is 9.98. The Morgan fingerprint density at radius 1 is 1.69 bits per heavy atom. The molecule has 1 fully saturated rings. The van der Waals surface area contributed by atoms with Gasteiger partial charge in [-0.25, -0.2) is 4.79 Å². The van der Waals surface area contributed by atoms with Crippen LogP contribution in [0.15, 0.2) is 0 Å². The van der Waals surface area contributed by atoms with Crippen molar-refractivity contribution in [2.45, 2.75) is 12.8 Å². The zero-order valence-corrected chi connectivity index (χ0v) is 8.49. The van der Waals surface area contributed by atoms with E-state index >= 15 is 0 Å². The van der Waals surface area contributed by atoms with Crippen LogP contribution in [0.25, 0.3) is 0 Å². The van der Waals surface area contributed by atoms with Crippen LogP contribution < -0.4 is 5.73 Å². The van der Waals surface area contributed by atoms with E-state index in [0.717, 1.165) is 13.1 Å². The summed E-state index contributed by atoms with van der Waals surface area (Å²) in [4.78, 5) is 14.7. The second kappa shape index (κ2) is 4.46. The highest BCUT2D eigenvalue weighted by molar-refractivity contribution is 5.71. The predicted molar refractivity (Wildman–Crippen MR) is 52.4 cm³/mol. The highest BCUT2D eigenvalue weighted by Gasteiger charge is 2.19. The minimum atomic E-state index is -0.326. The molecule has 2 N–H and O–H groups in total. The number of carbonyl (C=O) groups excluding carboxylic acids is 1. The van der Waals surface area contributed by atoms with Crippen molar-refractivity contribution >= 4 is 6.03 Å². The monoisotopic (exact) mass is 185 g/mol. The van der Waals surface area contributed by atoms with E-state index in [0.29, 0.717) is 5.92 Å². The van der Waals surface area contributed by atoms with Crippen molar-refractivity contribution in [2.24, 2.45) is 11.7 Å². The number of carbonyl (C=O) groups is 1. The SMILES string of the molecule is CN1CCCC(CN(C)C(N)=O)C1. The number of rotatable bonds is 2. The van der Waals surface area contributed by atoms with Gasteiger partial charge in [0.1, 0.15) is 0 Å². The number of likely N-dealkylation sites (tertiary alicyclic amines) is 1. The number of primary amides is 1. The first-order valence-corrected chi connectivity index (χ1v) is 4.78. The van der Waals surface area contributed by atoms with E-state index in [2.05, 4.69) is 11.9 Å². The topological polar surface area (TPSA) is 49.6 Å². The highest BCUT2D eigenvalue weighted by Crippen LogP contribution is 2.15. The number of piperidine rings is 1. The van der Waals surface area contributed by atoms with E-state index in [4.69, 9.17) is 5.73 Å². The molecule has 1 rings (SSSR count). The van der Waals surface area contributed by atoms with Crippen LogP contribution >= 0.6 is 0 Å². The van der Waals surface area contributed by atoms with Crippen molar-refractivity contribution < 1.29 is 4.79 Å². The molecule has 1 heterocycles. The zero-order valence-electron chi connectivity index (χ0n) is 8.49. The van der Waals surface area contributed by atoms with Crippen LogP contribution in [0, 0.1) is 5.92 Å². The summed E-state index contributed by atoms with van der Waals surface area (Å²) in [5.41, 5.74) is 5.16. The summed E-state index contributed by atoms with van der Waals surface area (Å²) in [6.07, 6.45) is 2.44. The van der Waals surface area contributed by atoms with Gasteiger partial charge in [0.05, 0.1) is 0 Å². The van der Waals surface area contributed by atoms with Gasteiger partial charge in [0.15, 0.2) is 0 Å². The first-order chi connectivity index (χ1) is 6.09. The number of amides is 2. The van der Waals surface area contributed by atoms with E-state index in [1.54, 1.807) is 11.9 Å². The molecule has 0 aromatic heterocycles. The van der Waals surface area contributed by atoms with Crippen LogP contribution in [0.1, 0.15) is 12.8 Å². The molecule has 4 heteroatoms. The van der Waals surface area contributed by atoms with Crippen LogP contribution in [0.5, 0.6) is 0 Å². The van der Waals surface area contributed by atoms with Crippen LogP contribution in [-0.2, 0) is 0 Å². The standard InChI is InChI=1S/C9H19N3O/c1-11-5-3-4-8(6-11)7-12(2)9(10)13/h8H,3-7H2,1-2H3,(H2,10,13). The van der Waals surface area contributed by atoms with E-state index in [9.17, 15) is 4.79 Å². The largest absolute Gasteiger partial charge is 0.351 e. The van der Waals surface area contributed by atoms with Gasteiger partial charge in [0.2, 0.25) is 0 Å². The molecule has 1 atom stereocenters. The highest BCUT2D eigenvalue weighted by atomic mass is 16.2. The van der Waals surface area contributed by atoms with Crippen molar-refractivity contribution in [2.75, 3.05) is 33.7 Å². The van der Waals surface area contributed by atoms with Crippen molar-refractivity contribution in [1.82, 2.24) is 9.80 Å². The number of nitrogens with zero attached hydrogens (tertiary/aromatic N) is 2. The fourth-order valence-electron chi connectivity index (χ4n) is 1.90. The number of hydrogen-bond acceptors (Lipinski definition) is 2. The summed E-state index contributed by atoms with van der Waals surface area (Å²) in [5, 5.41) is 0. The van der Waals surface area contributed by atoms with Gasteiger partial charge < -0.3 is 15.5 Å². The van der Waals surface area contributed by atoms with Crippen LogP contribution in [0.4, 0.5) is 4.79 Å². The smallest absolute Gasteiger partial charge is 0.314 e. The van der Waals surface area contributed by atoms with Gasteiger partial charge >= 0.3 is 6.03 Å². The van der Waals surface area contributed by atoms with Crippen LogP contribution in [0.3, 0.4) is 0 Å². The molecule has 0 aliphatic carbocycles. The molecule has 4 nitrogen and oxygen atoms in total. The third-order valence-corrected chi connectivity index (χ3v) is 2.63. The lowest BCUT2D eigenvalue weighted by Crippen LogP contribution is -2.41. The molecular formula is C9H19N3O. The lowest BCUT2D eigenvalue weighted by molar-refractivity contribution is 0.168. The van der Waals surface area contributed by atoms with E-state index in [1.807, 2.05) is 0 Å². The normalized spacial score (nSPS) is 24.3. The molecule has 76 valence electrons. The van der Waals surface area contributed by atoms with Crippen molar-refractivity contribution in [1.29, 1.82) is 0 Å². The maximum Gasteiger partial charge on any atom is 0.314 e. The Balaban J connectivity index is 2.31. The average molecular weight is 185 g/mol. The summed E-state index contributed by atoms with van der Waals surface area (Å²) < 4.78 is 0. The molecule has 0 aromatic carbocycles. The Hall–Kier alpha value is -0.770. The first kappa shape index (κ1) is 10.3. The molecule has 0 radical (unpaired) electrons. The van der Waals surface area contributed by atoms with Gasteiger partial charge in [-0.15, -0.1) is 0 Å². The van der Waals surface area contributed by atoms with Gasteiger partial charge in [0.25, 0.3) is 0 Å². The van der Waals surface area contributed by atoms with Gasteiger partial charge in [-0.1, -0.05) is 0 Å². The average Bonchev–Trinajstić information content (AvgIpc) is 2.04. The van der Waals surface area contributed by atoms with Crippen LogP contribution in [-0.4, -0.2) is 49.6 Å². The predicted octanol–water partition coefficient (Wildman–Crippen LogP) is 0.339. The summed E-state index contributed by atoms with van der Waals surface area (Å²) >= 11 is 0. The summed E-state index contributed by atoms with van der Waals surface area (Å²) in [6.45, 7) is 3.05.